The molecule has 0 heteroatoms. The third kappa shape index (κ3) is 1.28. The fourth-order valence-corrected chi connectivity index (χ4v) is 3.44. The van der Waals surface area contributed by atoms with Gasteiger partial charge in [-0.15, -0.1) is 0 Å². The van der Waals surface area contributed by atoms with Crippen LogP contribution in [0.15, 0.2) is 24.3 Å². The van der Waals surface area contributed by atoms with Crippen molar-refractivity contribution in [1.82, 2.24) is 0 Å². The maximum atomic E-state index is 2.37. The van der Waals surface area contributed by atoms with E-state index in [9.17, 15) is 0 Å². The molecule has 0 radical (unpaired) electrons. The monoisotopic (exact) mass is 186 g/mol. The summed E-state index contributed by atoms with van der Waals surface area (Å²) in [4.78, 5) is 0. The molecule has 0 saturated heterocycles. The normalized spacial score (nSPS) is 26.7. The van der Waals surface area contributed by atoms with Gasteiger partial charge in [0.05, 0.1) is 0 Å². The third-order valence-corrected chi connectivity index (χ3v) is 4.15. The molecule has 14 heavy (non-hydrogen) atoms. The molecule has 1 saturated carbocycles. The summed E-state index contributed by atoms with van der Waals surface area (Å²) in [6.45, 7) is 0. The number of rotatable bonds is 1. The van der Waals surface area contributed by atoms with Crippen LogP contribution in [0.2, 0.25) is 0 Å². The summed E-state index contributed by atoms with van der Waals surface area (Å²) >= 11 is 0. The standard InChI is InChI=1S/C14H18/c1-2-6-11(5-1)14-10-9-12-7-3-4-8-13(12)14/h3-4,7-8,11,14H,1-2,5-6,9-10H2. The van der Waals surface area contributed by atoms with Crippen LogP contribution in [0.5, 0.6) is 0 Å². The quantitative estimate of drug-likeness (QED) is 0.624. The van der Waals surface area contributed by atoms with Gasteiger partial charge in [-0.1, -0.05) is 37.1 Å². The summed E-state index contributed by atoms with van der Waals surface area (Å²) in [6, 6.07) is 9.09. The van der Waals surface area contributed by atoms with E-state index < -0.39 is 0 Å². The zero-order valence-corrected chi connectivity index (χ0v) is 8.71. The van der Waals surface area contributed by atoms with Crippen molar-refractivity contribution in [3.8, 4) is 0 Å². The van der Waals surface area contributed by atoms with Gasteiger partial charge in [-0.2, -0.15) is 0 Å². The summed E-state index contributed by atoms with van der Waals surface area (Å²) in [5.74, 6) is 1.92. The fourth-order valence-electron chi connectivity index (χ4n) is 3.44. The van der Waals surface area contributed by atoms with Gasteiger partial charge in [0, 0.05) is 0 Å². The van der Waals surface area contributed by atoms with Gasteiger partial charge in [0.2, 0.25) is 0 Å². The average Bonchev–Trinajstić information content (AvgIpc) is 2.85. The third-order valence-electron chi connectivity index (χ3n) is 4.15. The molecule has 74 valence electrons. The SMILES string of the molecule is c1ccc2c(c1)CCC2C1CCCC1. The molecule has 2 aliphatic carbocycles. The molecule has 2 aliphatic rings. The lowest BCUT2D eigenvalue weighted by Gasteiger charge is -2.18. The largest absolute Gasteiger partial charge is 0.0620 e. The van der Waals surface area contributed by atoms with Gasteiger partial charge in [0.15, 0.2) is 0 Å². The van der Waals surface area contributed by atoms with Crippen LogP contribution in [-0.2, 0) is 6.42 Å². The molecule has 0 bridgehead atoms. The molecule has 1 aromatic rings. The minimum atomic E-state index is 0.911. The molecule has 0 aromatic heterocycles. The highest BCUT2D eigenvalue weighted by Gasteiger charge is 2.30. The molecule has 0 aliphatic heterocycles. The van der Waals surface area contributed by atoms with Crippen molar-refractivity contribution < 1.29 is 0 Å². The summed E-state index contributed by atoms with van der Waals surface area (Å²) in [7, 11) is 0. The first-order chi connectivity index (χ1) is 6.95. The van der Waals surface area contributed by atoms with Crippen LogP contribution in [0.4, 0.5) is 0 Å². The van der Waals surface area contributed by atoms with Crippen LogP contribution in [0, 0.1) is 5.92 Å². The van der Waals surface area contributed by atoms with Gasteiger partial charge in [-0.3, -0.25) is 0 Å². The van der Waals surface area contributed by atoms with Crippen molar-refractivity contribution in [1.29, 1.82) is 0 Å². The topological polar surface area (TPSA) is 0 Å². The zero-order chi connectivity index (χ0) is 9.38. The van der Waals surface area contributed by atoms with Crippen molar-refractivity contribution >= 4 is 0 Å². The van der Waals surface area contributed by atoms with E-state index in [-0.39, 0.29) is 0 Å². The van der Waals surface area contributed by atoms with Gasteiger partial charge >= 0.3 is 0 Å². The van der Waals surface area contributed by atoms with Crippen LogP contribution in [0.1, 0.15) is 49.1 Å². The Kier molecular flexibility index (Phi) is 2.08. The summed E-state index contributed by atoms with van der Waals surface area (Å²) in [5, 5.41) is 0. The lowest BCUT2D eigenvalue weighted by atomic mass is 9.86. The summed E-state index contributed by atoms with van der Waals surface area (Å²) in [5.41, 5.74) is 3.31. The predicted octanol–water partition coefficient (Wildman–Crippen LogP) is 3.91. The van der Waals surface area contributed by atoms with Crippen LogP contribution in [-0.4, -0.2) is 0 Å². The van der Waals surface area contributed by atoms with E-state index in [2.05, 4.69) is 24.3 Å². The second-order valence-electron chi connectivity index (χ2n) is 4.89. The predicted molar refractivity (Wildman–Crippen MR) is 59.5 cm³/mol. The molecule has 0 amide bonds. The van der Waals surface area contributed by atoms with Crippen molar-refractivity contribution in [3.05, 3.63) is 35.4 Å². The Morgan fingerprint density at radius 3 is 2.57 bits per heavy atom. The summed E-state index contributed by atoms with van der Waals surface area (Å²) in [6.07, 6.45) is 8.67. The molecule has 1 atom stereocenters. The van der Waals surface area contributed by atoms with Crippen molar-refractivity contribution in [2.75, 3.05) is 0 Å². The second-order valence-corrected chi connectivity index (χ2v) is 4.89. The molecule has 0 nitrogen and oxygen atoms in total. The first kappa shape index (κ1) is 8.52. The van der Waals surface area contributed by atoms with Gasteiger partial charge in [0.25, 0.3) is 0 Å². The fraction of sp³-hybridized carbons (Fsp3) is 0.571. The maximum Gasteiger partial charge on any atom is -0.0128 e. The zero-order valence-electron chi connectivity index (χ0n) is 8.71. The molecule has 0 N–H and O–H groups in total. The van der Waals surface area contributed by atoms with E-state index in [0.29, 0.717) is 0 Å². The highest BCUT2D eigenvalue weighted by atomic mass is 14.4. The van der Waals surface area contributed by atoms with E-state index >= 15 is 0 Å². The second kappa shape index (κ2) is 3.42. The Morgan fingerprint density at radius 2 is 1.71 bits per heavy atom. The lowest BCUT2D eigenvalue weighted by molar-refractivity contribution is 0.432. The molecule has 1 fully saturated rings. The average molecular weight is 186 g/mol. The minimum absolute atomic E-state index is 0.911. The van der Waals surface area contributed by atoms with Crippen LogP contribution in [0.3, 0.4) is 0 Å². The number of benzene rings is 1. The smallest absolute Gasteiger partial charge is 0.0128 e. The van der Waals surface area contributed by atoms with Gasteiger partial charge in [-0.05, 0) is 48.6 Å². The number of fused-ring (bicyclic) bond motifs is 1. The van der Waals surface area contributed by atoms with E-state index in [1.807, 2.05) is 0 Å². The minimum Gasteiger partial charge on any atom is -0.0620 e. The van der Waals surface area contributed by atoms with Crippen LogP contribution < -0.4 is 0 Å². The summed E-state index contributed by atoms with van der Waals surface area (Å²) < 4.78 is 0. The van der Waals surface area contributed by atoms with Gasteiger partial charge < -0.3 is 0 Å². The highest BCUT2D eigenvalue weighted by molar-refractivity contribution is 5.35. The molecule has 0 heterocycles. The Labute approximate surface area is 86.3 Å². The Hall–Kier alpha value is -0.780. The molecule has 3 rings (SSSR count). The Morgan fingerprint density at radius 1 is 0.929 bits per heavy atom. The first-order valence-electron chi connectivity index (χ1n) is 6.03. The van der Waals surface area contributed by atoms with E-state index in [0.717, 1.165) is 11.8 Å². The van der Waals surface area contributed by atoms with Crippen molar-refractivity contribution in [2.45, 2.75) is 44.4 Å². The van der Waals surface area contributed by atoms with E-state index in [4.69, 9.17) is 0 Å². The lowest BCUT2D eigenvalue weighted by Crippen LogP contribution is -2.05. The Bertz CT molecular complexity index is 321. The molecular weight excluding hydrogens is 168 g/mol. The van der Waals surface area contributed by atoms with Crippen molar-refractivity contribution in [3.63, 3.8) is 0 Å². The molecule has 1 unspecified atom stereocenters. The molecular formula is C14H18. The Balaban J connectivity index is 1.89. The highest BCUT2D eigenvalue weighted by Crippen LogP contribution is 2.44. The van der Waals surface area contributed by atoms with Crippen LogP contribution >= 0.6 is 0 Å². The molecule has 1 aromatic carbocycles. The van der Waals surface area contributed by atoms with E-state index in [1.165, 1.54) is 38.5 Å². The van der Waals surface area contributed by atoms with Crippen molar-refractivity contribution in [2.24, 2.45) is 5.92 Å². The van der Waals surface area contributed by atoms with Crippen LogP contribution in [0.25, 0.3) is 0 Å². The molecule has 0 spiro atoms. The number of hydrogen-bond donors (Lipinski definition) is 0. The number of aryl methyl sites for hydroxylation is 1. The van der Waals surface area contributed by atoms with Gasteiger partial charge in [0.1, 0.15) is 0 Å². The van der Waals surface area contributed by atoms with Gasteiger partial charge in [-0.25, -0.2) is 0 Å². The maximum absolute atomic E-state index is 2.37. The first-order valence-corrected chi connectivity index (χ1v) is 6.03. The van der Waals surface area contributed by atoms with E-state index in [1.54, 1.807) is 11.1 Å². The number of hydrogen-bond acceptors (Lipinski definition) is 0.